The Morgan fingerprint density at radius 3 is 2.25 bits per heavy atom. The van der Waals surface area contributed by atoms with Crippen molar-refractivity contribution in [3.8, 4) is 0 Å². The summed E-state index contributed by atoms with van der Waals surface area (Å²) in [5.41, 5.74) is -0.976. The van der Waals surface area contributed by atoms with Crippen molar-refractivity contribution in [1.82, 2.24) is 10.2 Å². The van der Waals surface area contributed by atoms with Crippen LogP contribution in [-0.2, 0) is 9.53 Å². The van der Waals surface area contributed by atoms with Crippen LogP contribution in [0.15, 0.2) is 0 Å². The van der Waals surface area contributed by atoms with Crippen molar-refractivity contribution in [3.63, 3.8) is 0 Å². The first-order valence-corrected chi connectivity index (χ1v) is 7.06. The average molecular weight is 288 g/mol. The Balaban J connectivity index is 4.66. The molecule has 0 saturated heterocycles. The topological polar surface area (TPSA) is 78.9 Å². The summed E-state index contributed by atoms with van der Waals surface area (Å²) in [4.78, 5) is 25.0. The lowest BCUT2D eigenvalue weighted by molar-refractivity contribution is -0.146. The van der Waals surface area contributed by atoms with Crippen LogP contribution >= 0.6 is 0 Å². The lowest BCUT2D eigenvalue weighted by atomic mass is 9.94. The van der Waals surface area contributed by atoms with E-state index in [4.69, 9.17) is 9.84 Å². The summed E-state index contributed by atoms with van der Waals surface area (Å²) in [6, 6.07) is -0.0943. The van der Waals surface area contributed by atoms with E-state index in [-0.39, 0.29) is 18.6 Å². The molecule has 0 bridgehead atoms. The van der Waals surface area contributed by atoms with Gasteiger partial charge in [0.2, 0.25) is 0 Å². The molecule has 0 aromatic carbocycles. The minimum absolute atomic E-state index is 0.102. The number of carbonyl (C=O) groups is 2. The Kier molecular flexibility index (Phi) is 8.22. The van der Waals surface area contributed by atoms with Crippen molar-refractivity contribution >= 4 is 12.0 Å². The standard InChI is InChI=1S/C14H28N2O4/c1-6-11(7-2)16(8-9-20-5)13(19)15-10-14(3,4)12(17)18/h11H,6-10H2,1-5H3,(H,15,19)(H,17,18). The van der Waals surface area contributed by atoms with Gasteiger partial charge in [-0.25, -0.2) is 4.79 Å². The first kappa shape index (κ1) is 18.7. The molecule has 0 saturated carbocycles. The van der Waals surface area contributed by atoms with E-state index in [2.05, 4.69) is 5.32 Å². The molecule has 0 heterocycles. The monoisotopic (exact) mass is 288 g/mol. The van der Waals surface area contributed by atoms with Crippen molar-refractivity contribution in [2.45, 2.75) is 46.6 Å². The van der Waals surface area contributed by atoms with E-state index in [0.717, 1.165) is 12.8 Å². The van der Waals surface area contributed by atoms with Gasteiger partial charge in [0, 0.05) is 26.2 Å². The van der Waals surface area contributed by atoms with Crippen molar-refractivity contribution in [2.24, 2.45) is 5.41 Å². The highest BCUT2D eigenvalue weighted by Crippen LogP contribution is 2.14. The number of rotatable bonds is 9. The summed E-state index contributed by atoms with van der Waals surface area (Å²) in [5, 5.41) is 11.8. The number of hydrogen-bond acceptors (Lipinski definition) is 3. The van der Waals surface area contributed by atoms with Gasteiger partial charge in [0.1, 0.15) is 0 Å². The predicted molar refractivity (Wildman–Crippen MR) is 77.8 cm³/mol. The first-order valence-electron chi connectivity index (χ1n) is 7.06. The van der Waals surface area contributed by atoms with Crippen LogP contribution in [0.3, 0.4) is 0 Å². The zero-order valence-electron chi connectivity index (χ0n) is 13.2. The van der Waals surface area contributed by atoms with Gasteiger partial charge in [0.25, 0.3) is 0 Å². The second kappa shape index (κ2) is 8.79. The predicted octanol–water partition coefficient (Wildman–Crippen LogP) is 1.94. The molecule has 6 heteroatoms. The SMILES string of the molecule is CCC(CC)N(CCOC)C(=O)NCC(C)(C)C(=O)O. The second-order valence-corrected chi connectivity index (χ2v) is 5.50. The molecule has 0 fully saturated rings. The van der Waals surface area contributed by atoms with Crippen LogP contribution in [0.5, 0.6) is 0 Å². The van der Waals surface area contributed by atoms with Gasteiger partial charge in [0.15, 0.2) is 0 Å². The summed E-state index contributed by atoms with van der Waals surface area (Å²) in [6.07, 6.45) is 1.71. The maximum Gasteiger partial charge on any atom is 0.317 e. The van der Waals surface area contributed by atoms with E-state index in [9.17, 15) is 9.59 Å². The van der Waals surface area contributed by atoms with Crippen LogP contribution in [-0.4, -0.2) is 54.9 Å². The number of hydrogen-bond donors (Lipinski definition) is 2. The van der Waals surface area contributed by atoms with Crippen LogP contribution in [0.4, 0.5) is 4.79 Å². The van der Waals surface area contributed by atoms with Crippen LogP contribution in [0.2, 0.25) is 0 Å². The normalized spacial score (nSPS) is 11.5. The van der Waals surface area contributed by atoms with Crippen molar-refractivity contribution < 1.29 is 19.4 Å². The van der Waals surface area contributed by atoms with E-state index in [0.29, 0.717) is 13.2 Å². The molecule has 0 radical (unpaired) electrons. The largest absolute Gasteiger partial charge is 0.481 e. The Morgan fingerprint density at radius 2 is 1.85 bits per heavy atom. The molecule has 0 atom stereocenters. The molecule has 0 spiro atoms. The summed E-state index contributed by atoms with van der Waals surface area (Å²) in [6.45, 7) is 8.31. The molecule has 20 heavy (non-hydrogen) atoms. The highest BCUT2D eigenvalue weighted by molar-refractivity contribution is 5.77. The van der Waals surface area contributed by atoms with E-state index in [1.807, 2.05) is 13.8 Å². The van der Waals surface area contributed by atoms with Crippen molar-refractivity contribution in [1.29, 1.82) is 0 Å². The molecule has 118 valence electrons. The van der Waals surface area contributed by atoms with Crippen LogP contribution in [0.1, 0.15) is 40.5 Å². The molecule has 2 N–H and O–H groups in total. The fourth-order valence-corrected chi connectivity index (χ4v) is 1.84. The van der Waals surface area contributed by atoms with Gasteiger partial charge in [-0.05, 0) is 26.7 Å². The van der Waals surface area contributed by atoms with E-state index in [1.54, 1.807) is 25.9 Å². The highest BCUT2D eigenvalue weighted by atomic mass is 16.5. The Hall–Kier alpha value is -1.30. The maximum atomic E-state index is 12.2. The molecule has 0 aliphatic carbocycles. The number of methoxy groups -OCH3 is 1. The molecule has 0 aromatic rings. The Morgan fingerprint density at radius 1 is 1.30 bits per heavy atom. The first-order chi connectivity index (χ1) is 9.30. The number of aliphatic carboxylic acids is 1. The lowest BCUT2D eigenvalue weighted by Gasteiger charge is -2.31. The quantitative estimate of drug-likeness (QED) is 0.679. The van der Waals surface area contributed by atoms with E-state index < -0.39 is 11.4 Å². The molecule has 2 amide bonds. The molecule has 0 aromatic heterocycles. The van der Waals surface area contributed by atoms with Gasteiger partial charge in [-0.1, -0.05) is 13.8 Å². The molecular weight excluding hydrogens is 260 g/mol. The lowest BCUT2D eigenvalue weighted by Crippen LogP contribution is -2.50. The van der Waals surface area contributed by atoms with E-state index >= 15 is 0 Å². The molecule has 0 aliphatic rings. The zero-order chi connectivity index (χ0) is 15.8. The fraction of sp³-hybridized carbons (Fsp3) is 0.857. The van der Waals surface area contributed by atoms with Gasteiger partial charge in [-0.3, -0.25) is 4.79 Å². The van der Waals surface area contributed by atoms with Crippen LogP contribution in [0.25, 0.3) is 0 Å². The molecule has 6 nitrogen and oxygen atoms in total. The molecule has 0 rings (SSSR count). The summed E-state index contributed by atoms with van der Waals surface area (Å²) in [7, 11) is 1.59. The third kappa shape index (κ3) is 5.77. The van der Waals surface area contributed by atoms with Gasteiger partial charge in [-0.15, -0.1) is 0 Å². The van der Waals surface area contributed by atoms with Crippen molar-refractivity contribution in [3.05, 3.63) is 0 Å². The molecule has 0 unspecified atom stereocenters. The Bertz CT molecular complexity index is 314. The van der Waals surface area contributed by atoms with Crippen LogP contribution < -0.4 is 5.32 Å². The molecule has 0 aliphatic heterocycles. The number of carboxylic acid groups (broad SMARTS) is 1. The van der Waals surface area contributed by atoms with Crippen LogP contribution in [0, 0.1) is 5.41 Å². The third-order valence-electron chi connectivity index (χ3n) is 3.44. The summed E-state index contributed by atoms with van der Waals surface area (Å²) in [5.74, 6) is -0.927. The third-order valence-corrected chi connectivity index (χ3v) is 3.44. The fourth-order valence-electron chi connectivity index (χ4n) is 1.84. The minimum Gasteiger partial charge on any atom is -0.481 e. The zero-order valence-corrected chi connectivity index (χ0v) is 13.2. The molecular formula is C14H28N2O4. The summed E-state index contributed by atoms with van der Waals surface area (Å²) < 4.78 is 5.03. The smallest absolute Gasteiger partial charge is 0.317 e. The maximum absolute atomic E-state index is 12.2. The number of carbonyl (C=O) groups excluding carboxylic acids is 1. The number of nitrogens with zero attached hydrogens (tertiary/aromatic N) is 1. The number of nitrogens with one attached hydrogen (secondary N) is 1. The van der Waals surface area contributed by atoms with Gasteiger partial charge in [-0.2, -0.15) is 0 Å². The van der Waals surface area contributed by atoms with Gasteiger partial charge < -0.3 is 20.1 Å². The van der Waals surface area contributed by atoms with Gasteiger partial charge >= 0.3 is 12.0 Å². The second-order valence-electron chi connectivity index (χ2n) is 5.50. The highest BCUT2D eigenvalue weighted by Gasteiger charge is 2.29. The number of amides is 2. The van der Waals surface area contributed by atoms with E-state index in [1.165, 1.54) is 0 Å². The van der Waals surface area contributed by atoms with Gasteiger partial charge in [0.05, 0.1) is 12.0 Å². The Labute approximate surface area is 121 Å². The minimum atomic E-state index is -0.976. The average Bonchev–Trinajstić information content (AvgIpc) is 2.40. The summed E-state index contributed by atoms with van der Waals surface area (Å²) >= 11 is 0. The number of urea groups is 1. The number of ether oxygens (including phenoxy) is 1. The number of carboxylic acids is 1. The van der Waals surface area contributed by atoms with Crippen molar-refractivity contribution in [2.75, 3.05) is 26.8 Å².